The average Bonchev–Trinajstić information content (AvgIpc) is 1.95. The van der Waals surface area contributed by atoms with Crippen molar-refractivity contribution in [1.29, 1.82) is 0 Å². The van der Waals surface area contributed by atoms with Gasteiger partial charge in [0.05, 0.1) is 0 Å². The number of nitrogens with one attached hydrogen (secondary N) is 1. The number of hydrogen-bond donors (Lipinski definition) is 1. The second-order valence-corrected chi connectivity index (χ2v) is 3.12. The number of hydrogen-bond acceptors (Lipinski definition) is 1. The van der Waals surface area contributed by atoms with Gasteiger partial charge in [0.15, 0.2) is 0 Å². The molecule has 3 heteroatoms. The Morgan fingerprint density at radius 2 is 2.08 bits per heavy atom. The van der Waals surface area contributed by atoms with Crippen molar-refractivity contribution in [3.8, 4) is 0 Å². The summed E-state index contributed by atoms with van der Waals surface area (Å²) < 4.78 is 2.05. The quantitative estimate of drug-likeness (QED) is 0.282. The molecule has 0 heterocycles. The molecule has 0 atom stereocenters. The van der Waals surface area contributed by atoms with E-state index in [-0.39, 0.29) is 5.91 Å². The highest BCUT2D eigenvalue weighted by molar-refractivity contribution is 5.72. The van der Waals surface area contributed by atoms with Crippen molar-refractivity contribution in [3.63, 3.8) is 0 Å². The molecule has 0 rings (SSSR count). The molecule has 12 heavy (non-hydrogen) atoms. The van der Waals surface area contributed by atoms with Crippen molar-refractivity contribution in [2.75, 3.05) is 20.6 Å². The molecule has 3 nitrogen and oxygen atoms in total. The Morgan fingerprint density at radius 3 is 2.58 bits per heavy atom. The van der Waals surface area contributed by atoms with E-state index in [1.165, 1.54) is 0 Å². The zero-order chi connectivity index (χ0) is 9.40. The predicted octanol–water partition coefficient (Wildman–Crippen LogP) is 0.636. The van der Waals surface area contributed by atoms with Crippen LogP contribution in [0.25, 0.3) is 0 Å². The van der Waals surface area contributed by atoms with Crippen LogP contribution in [0.15, 0.2) is 0 Å². The van der Waals surface area contributed by atoms with Crippen molar-refractivity contribution in [1.82, 2.24) is 5.32 Å². The molecule has 0 aromatic rings. The summed E-state index contributed by atoms with van der Waals surface area (Å²) >= 11 is 0. The molecule has 0 saturated heterocycles. The van der Waals surface area contributed by atoms with Gasteiger partial charge in [-0.2, -0.15) is 0 Å². The fourth-order valence-electron chi connectivity index (χ4n) is 0.883. The Bertz CT molecular complexity index is 160. The van der Waals surface area contributed by atoms with Gasteiger partial charge in [0, 0.05) is 19.9 Å². The summed E-state index contributed by atoms with van der Waals surface area (Å²) in [6, 6.07) is 0. The standard InChI is InChI=1S/C9H18N2O/c1-9(12)10-7-5-4-6-8-11(2)3/h8H,4-7H2,1-3H3/p+1/i1+1,7+1,9+1. The first-order valence-corrected chi connectivity index (χ1v) is 4.37. The number of nitrogens with zero attached hydrogens (tertiary/aromatic N) is 1. The van der Waals surface area contributed by atoms with Gasteiger partial charge in [-0.25, -0.2) is 4.58 Å². The van der Waals surface area contributed by atoms with Crippen molar-refractivity contribution >= 4 is 12.1 Å². The summed E-state index contributed by atoms with van der Waals surface area (Å²) in [5.74, 6) is 0.0617. The predicted molar refractivity (Wildman–Crippen MR) is 50.7 cm³/mol. The molecule has 0 aliphatic rings. The lowest BCUT2D eigenvalue weighted by Crippen LogP contribution is -2.20. The van der Waals surface area contributed by atoms with Gasteiger partial charge < -0.3 is 5.32 Å². The molecule has 0 radical (unpaired) electrons. The van der Waals surface area contributed by atoms with Gasteiger partial charge in [0.2, 0.25) is 5.91 Å². The van der Waals surface area contributed by atoms with E-state index in [0.717, 1.165) is 25.8 Å². The maximum absolute atomic E-state index is 10.5. The van der Waals surface area contributed by atoms with Crippen LogP contribution in [-0.2, 0) is 4.79 Å². The zero-order valence-corrected chi connectivity index (χ0v) is 8.26. The first kappa shape index (κ1) is 11.1. The van der Waals surface area contributed by atoms with Gasteiger partial charge in [0.1, 0.15) is 20.3 Å². The van der Waals surface area contributed by atoms with Crippen LogP contribution in [0.1, 0.15) is 26.2 Å². The summed E-state index contributed by atoms with van der Waals surface area (Å²) in [6.45, 7) is 2.35. The summed E-state index contributed by atoms with van der Waals surface area (Å²) in [6.07, 6.45) is 5.43. The van der Waals surface area contributed by atoms with Crippen LogP contribution in [0.2, 0.25) is 0 Å². The molecule has 0 unspecified atom stereocenters. The smallest absolute Gasteiger partial charge is 0.216 e. The highest BCUT2D eigenvalue weighted by Gasteiger charge is 1.91. The minimum atomic E-state index is 0.0617. The van der Waals surface area contributed by atoms with Gasteiger partial charge in [0.25, 0.3) is 0 Å². The molecule has 0 saturated carbocycles. The Kier molecular flexibility index (Phi) is 6.34. The third kappa shape index (κ3) is 9.14. The second-order valence-electron chi connectivity index (χ2n) is 3.12. The van der Waals surface area contributed by atoms with Crippen molar-refractivity contribution < 1.29 is 9.37 Å². The first-order valence-electron chi connectivity index (χ1n) is 4.37. The molecule has 0 bridgehead atoms. The Hall–Kier alpha value is -0.860. The minimum absolute atomic E-state index is 0.0617. The Morgan fingerprint density at radius 1 is 1.42 bits per heavy atom. The third-order valence-electron chi connectivity index (χ3n) is 1.50. The Labute approximate surface area is 74.5 Å². The highest BCUT2D eigenvalue weighted by Crippen LogP contribution is 1.90. The lowest BCUT2D eigenvalue weighted by molar-refractivity contribution is -0.460. The summed E-state index contributed by atoms with van der Waals surface area (Å²) in [4.78, 5) is 10.5. The molecule has 0 aromatic carbocycles. The van der Waals surface area contributed by atoms with Crippen molar-refractivity contribution in [2.45, 2.75) is 26.2 Å². The van der Waals surface area contributed by atoms with Crippen LogP contribution in [0, 0.1) is 0 Å². The van der Waals surface area contributed by atoms with Crippen LogP contribution < -0.4 is 5.32 Å². The molecule has 1 N–H and O–H groups in total. The number of unbranched alkanes of at least 4 members (excludes halogenated alkanes) is 2. The molecule has 0 spiro atoms. The molecule has 0 fully saturated rings. The average molecular weight is 174 g/mol. The Balaban J connectivity index is 3.11. The normalized spacial score (nSPS) is 9.25. The third-order valence-corrected chi connectivity index (χ3v) is 1.50. The van der Waals surface area contributed by atoms with E-state index < -0.39 is 0 Å². The van der Waals surface area contributed by atoms with Crippen molar-refractivity contribution in [3.05, 3.63) is 0 Å². The lowest BCUT2D eigenvalue weighted by Gasteiger charge is -1.98. The molecular weight excluding hydrogens is 155 g/mol. The number of amides is 1. The fourth-order valence-corrected chi connectivity index (χ4v) is 0.883. The van der Waals surface area contributed by atoms with Crippen LogP contribution in [0.3, 0.4) is 0 Å². The molecule has 70 valence electrons. The number of carbonyl (C=O) groups is 1. The van der Waals surface area contributed by atoms with Crippen LogP contribution in [-0.4, -0.2) is 37.3 Å². The number of carbonyl (C=O) groups excluding carboxylic acids is 1. The van der Waals surface area contributed by atoms with Gasteiger partial charge in [-0.15, -0.1) is 0 Å². The zero-order valence-electron chi connectivity index (χ0n) is 8.26. The summed E-state index contributed by atoms with van der Waals surface area (Å²) in [7, 11) is 4.04. The van der Waals surface area contributed by atoms with E-state index in [0.29, 0.717) is 0 Å². The van der Waals surface area contributed by atoms with E-state index in [4.69, 9.17) is 0 Å². The topological polar surface area (TPSA) is 32.1 Å². The van der Waals surface area contributed by atoms with Crippen LogP contribution in [0.5, 0.6) is 0 Å². The SMILES string of the molecule is C[N+](C)=CCCC[13CH2]N[13C]([13CH3])=O. The summed E-state index contributed by atoms with van der Waals surface area (Å²) in [5, 5.41) is 2.77. The van der Waals surface area contributed by atoms with Gasteiger partial charge in [-0.05, 0) is 12.8 Å². The maximum Gasteiger partial charge on any atom is 0.216 e. The number of rotatable bonds is 5. The van der Waals surface area contributed by atoms with Crippen LogP contribution in [0.4, 0.5) is 0 Å². The molecular formula is C9H19N2O+. The van der Waals surface area contributed by atoms with Crippen LogP contribution >= 0.6 is 0 Å². The van der Waals surface area contributed by atoms with E-state index in [9.17, 15) is 4.79 Å². The second kappa shape index (κ2) is 6.83. The van der Waals surface area contributed by atoms with Gasteiger partial charge >= 0.3 is 0 Å². The fraction of sp³-hybridized carbons (Fsp3) is 0.778. The van der Waals surface area contributed by atoms with Gasteiger partial charge in [-0.1, -0.05) is 0 Å². The van der Waals surface area contributed by atoms with E-state index in [2.05, 4.69) is 16.1 Å². The largest absolute Gasteiger partial charge is 0.356 e. The maximum atomic E-state index is 10.5. The van der Waals surface area contributed by atoms with E-state index >= 15 is 0 Å². The molecule has 0 aromatic heterocycles. The summed E-state index contributed by atoms with van der Waals surface area (Å²) in [5.41, 5.74) is 0. The molecule has 0 aliphatic heterocycles. The van der Waals surface area contributed by atoms with E-state index in [1.807, 2.05) is 14.1 Å². The molecule has 0 aliphatic carbocycles. The van der Waals surface area contributed by atoms with Gasteiger partial charge in [-0.3, -0.25) is 4.79 Å². The monoisotopic (exact) mass is 174 g/mol. The first-order chi connectivity index (χ1) is 5.63. The van der Waals surface area contributed by atoms with E-state index in [1.54, 1.807) is 6.92 Å². The highest BCUT2D eigenvalue weighted by atomic mass is 16.2. The van der Waals surface area contributed by atoms with Crippen molar-refractivity contribution in [2.24, 2.45) is 0 Å². The molecule has 1 amide bonds. The minimum Gasteiger partial charge on any atom is -0.356 e. The lowest BCUT2D eigenvalue weighted by atomic mass is 10.3.